The maximum atomic E-state index is 12.6. The summed E-state index contributed by atoms with van der Waals surface area (Å²) in [6.45, 7) is 5.58. The standard InChI is InChI=1S/C18H23N5O/c1-12-4-3-5-16(13(12)2)20-18(24)22-9-8-15(10-22)23-11-19-21-17(23)14-6-7-14/h3-5,11,14-15H,6-10H2,1-2H3,(H,20,24). The fourth-order valence-electron chi connectivity index (χ4n) is 3.40. The molecule has 1 aromatic carbocycles. The van der Waals surface area contributed by atoms with Crippen molar-refractivity contribution < 1.29 is 4.79 Å². The zero-order valence-corrected chi connectivity index (χ0v) is 14.2. The van der Waals surface area contributed by atoms with Crippen molar-refractivity contribution in [2.24, 2.45) is 0 Å². The Morgan fingerprint density at radius 2 is 2.08 bits per heavy atom. The van der Waals surface area contributed by atoms with Crippen LogP contribution in [0.15, 0.2) is 24.5 Å². The quantitative estimate of drug-likeness (QED) is 0.942. The van der Waals surface area contributed by atoms with E-state index >= 15 is 0 Å². The zero-order chi connectivity index (χ0) is 16.7. The summed E-state index contributed by atoms with van der Waals surface area (Å²) in [5.41, 5.74) is 3.20. The minimum atomic E-state index is -0.0211. The van der Waals surface area contributed by atoms with Gasteiger partial charge in [-0.15, -0.1) is 10.2 Å². The second-order valence-corrected chi connectivity index (χ2v) is 6.94. The molecule has 1 unspecified atom stereocenters. The highest BCUT2D eigenvalue weighted by Crippen LogP contribution is 2.40. The number of hydrogen-bond donors (Lipinski definition) is 1. The third-order valence-corrected chi connectivity index (χ3v) is 5.23. The number of nitrogens with zero attached hydrogens (tertiary/aromatic N) is 4. The lowest BCUT2D eigenvalue weighted by molar-refractivity contribution is 0.220. The van der Waals surface area contributed by atoms with Crippen LogP contribution < -0.4 is 5.32 Å². The van der Waals surface area contributed by atoms with Gasteiger partial charge in [0.15, 0.2) is 0 Å². The first-order valence-corrected chi connectivity index (χ1v) is 8.65. The smallest absolute Gasteiger partial charge is 0.321 e. The number of urea groups is 1. The summed E-state index contributed by atoms with van der Waals surface area (Å²) >= 11 is 0. The number of rotatable bonds is 3. The Kier molecular flexibility index (Phi) is 3.75. The van der Waals surface area contributed by atoms with E-state index in [9.17, 15) is 4.79 Å². The minimum Gasteiger partial charge on any atom is -0.322 e. The van der Waals surface area contributed by atoms with E-state index in [1.807, 2.05) is 30.3 Å². The second-order valence-electron chi connectivity index (χ2n) is 6.94. The maximum Gasteiger partial charge on any atom is 0.321 e. The van der Waals surface area contributed by atoms with Crippen LogP contribution in [0.3, 0.4) is 0 Å². The fraction of sp³-hybridized carbons (Fsp3) is 0.500. The molecule has 126 valence electrons. The van der Waals surface area contributed by atoms with Crippen LogP contribution in [0.25, 0.3) is 0 Å². The number of aryl methyl sites for hydroxylation is 1. The van der Waals surface area contributed by atoms with Gasteiger partial charge in [-0.2, -0.15) is 0 Å². The normalized spacial score (nSPS) is 20.4. The molecular formula is C18H23N5O. The van der Waals surface area contributed by atoms with E-state index in [0.717, 1.165) is 30.0 Å². The van der Waals surface area contributed by atoms with Crippen molar-refractivity contribution in [3.05, 3.63) is 41.5 Å². The van der Waals surface area contributed by atoms with Gasteiger partial charge in [0.1, 0.15) is 12.2 Å². The van der Waals surface area contributed by atoms with Crippen molar-refractivity contribution in [1.29, 1.82) is 0 Å². The number of nitrogens with one attached hydrogen (secondary N) is 1. The number of aromatic nitrogens is 3. The van der Waals surface area contributed by atoms with Crippen molar-refractivity contribution in [1.82, 2.24) is 19.7 Å². The summed E-state index contributed by atoms with van der Waals surface area (Å²) in [7, 11) is 0. The number of carbonyl (C=O) groups is 1. The molecule has 24 heavy (non-hydrogen) atoms. The van der Waals surface area contributed by atoms with Gasteiger partial charge >= 0.3 is 6.03 Å². The number of amides is 2. The summed E-state index contributed by atoms with van der Waals surface area (Å²) in [5, 5.41) is 11.4. The van der Waals surface area contributed by atoms with Gasteiger partial charge in [-0.25, -0.2) is 4.79 Å². The first-order valence-electron chi connectivity index (χ1n) is 8.65. The highest BCUT2D eigenvalue weighted by Gasteiger charge is 2.34. The van der Waals surface area contributed by atoms with Crippen LogP contribution in [0.2, 0.25) is 0 Å². The molecule has 1 aliphatic carbocycles. The molecule has 6 nitrogen and oxygen atoms in total. The molecule has 2 fully saturated rings. The number of anilines is 1. The van der Waals surface area contributed by atoms with Gasteiger partial charge in [-0.1, -0.05) is 12.1 Å². The molecule has 2 aromatic rings. The lowest BCUT2D eigenvalue weighted by atomic mass is 10.1. The molecule has 2 aliphatic rings. The molecule has 1 saturated carbocycles. The van der Waals surface area contributed by atoms with Crippen LogP contribution >= 0.6 is 0 Å². The van der Waals surface area contributed by atoms with Crippen LogP contribution in [0.5, 0.6) is 0 Å². The monoisotopic (exact) mass is 325 g/mol. The van der Waals surface area contributed by atoms with Gasteiger partial charge in [0, 0.05) is 24.7 Å². The van der Waals surface area contributed by atoms with E-state index in [-0.39, 0.29) is 6.03 Å². The Labute approximate surface area is 141 Å². The summed E-state index contributed by atoms with van der Waals surface area (Å²) in [6.07, 6.45) is 5.20. The third-order valence-electron chi connectivity index (χ3n) is 5.23. The maximum absolute atomic E-state index is 12.6. The predicted octanol–water partition coefficient (Wildman–Crippen LogP) is 3.25. The molecule has 1 saturated heterocycles. The molecular weight excluding hydrogens is 302 g/mol. The molecule has 2 heterocycles. The Hall–Kier alpha value is -2.37. The molecule has 2 amide bonds. The van der Waals surface area contributed by atoms with Gasteiger partial charge in [0.2, 0.25) is 0 Å². The number of carbonyl (C=O) groups excluding carboxylic acids is 1. The molecule has 1 aromatic heterocycles. The minimum absolute atomic E-state index is 0.0211. The number of hydrogen-bond acceptors (Lipinski definition) is 3. The zero-order valence-electron chi connectivity index (χ0n) is 14.2. The first-order chi connectivity index (χ1) is 11.6. The average molecular weight is 325 g/mol. The predicted molar refractivity (Wildman–Crippen MR) is 92.2 cm³/mol. The van der Waals surface area contributed by atoms with Crippen molar-refractivity contribution in [2.45, 2.75) is 45.1 Å². The fourth-order valence-corrected chi connectivity index (χ4v) is 3.40. The molecule has 6 heteroatoms. The summed E-state index contributed by atoms with van der Waals surface area (Å²) in [4.78, 5) is 14.5. The van der Waals surface area contributed by atoms with E-state index in [0.29, 0.717) is 18.5 Å². The molecule has 0 bridgehead atoms. The van der Waals surface area contributed by atoms with Gasteiger partial charge < -0.3 is 14.8 Å². The molecule has 0 spiro atoms. The van der Waals surface area contributed by atoms with Crippen LogP contribution in [-0.2, 0) is 0 Å². The molecule has 1 aliphatic heterocycles. The SMILES string of the molecule is Cc1cccc(NC(=O)N2CCC(n3cnnc3C3CC3)C2)c1C. The van der Waals surface area contributed by atoms with Crippen LogP contribution in [0, 0.1) is 13.8 Å². The van der Waals surface area contributed by atoms with Gasteiger partial charge in [-0.3, -0.25) is 0 Å². The summed E-state index contributed by atoms with van der Waals surface area (Å²) in [5.74, 6) is 1.67. The van der Waals surface area contributed by atoms with Crippen molar-refractivity contribution in [3.8, 4) is 0 Å². The van der Waals surface area contributed by atoms with Gasteiger partial charge in [0.05, 0.1) is 6.04 Å². The molecule has 1 N–H and O–H groups in total. The topological polar surface area (TPSA) is 63.1 Å². The van der Waals surface area contributed by atoms with Gasteiger partial charge in [0.25, 0.3) is 0 Å². The number of benzene rings is 1. The largest absolute Gasteiger partial charge is 0.322 e. The van der Waals surface area contributed by atoms with E-state index in [1.165, 1.54) is 18.4 Å². The lowest BCUT2D eigenvalue weighted by Crippen LogP contribution is -2.33. The summed E-state index contributed by atoms with van der Waals surface area (Å²) in [6, 6.07) is 6.26. The Balaban J connectivity index is 1.43. The highest BCUT2D eigenvalue weighted by molar-refractivity contribution is 5.90. The van der Waals surface area contributed by atoms with E-state index in [2.05, 4.69) is 33.1 Å². The van der Waals surface area contributed by atoms with Crippen LogP contribution in [0.1, 0.15) is 48.2 Å². The first kappa shape index (κ1) is 15.2. The van der Waals surface area contributed by atoms with Crippen LogP contribution in [0.4, 0.5) is 10.5 Å². The summed E-state index contributed by atoms with van der Waals surface area (Å²) < 4.78 is 2.18. The van der Waals surface area contributed by atoms with Crippen molar-refractivity contribution in [3.63, 3.8) is 0 Å². The van der Waals surface area contributed by atoms with Crippen molar-refractivity contribution in [2.75, 3.05) is 18.4 Å². The Bertz CT molecular complexity index is 765. The van der Waals surface area contributed by atoms with Crippen molar-refractivity contribution >= 4 is 11.7 Å². The van der Waals surface area contributed by atoms with E-state index in [1.54, 1.807) is 0 Å². The lowest BCUT2D eigenvalue weighted by Gasteiger charge is -2.19. The molecule has 0 radical (unpaired) electrons. The molecule has 1 atom stereocenters. The Morgan fingerprint density at radius 3 is 2.88 bits per heavy atom. The van der Waals surface area contributed by atoms with Crippen LogP contribution in [-0.4, -0.2) is 38.8 Å². The third kappa shape index (κ3) is 2.77. The second kappa shape index (κ2) is 5.92. The number of likely N-dealkylation sites (tertiary alicyclic amines) is 1. The van der Waals surface area contributed by atoms with Gasteiger partial charge in [-0.05, 0) is 50.3 Å². The van der Waals surface area contributed by atoms with E-state index < -0.39 is 0 Å². The van der Waals surface area contributed by atoms with E-state index in [4.69, 9.17) is 0 Å². The molecule has 4 rings (SSSR count). The highest BCUT2D eigenvalue weighted by atomic mass is 16.2. The Morgan fingerprint density at radius 1 is 1.25 bits per heavy atom. The average Bonchev–Trinajstić information content (AvgIpc) is 3.11.